The Morgan fingerprint density at radius 3 is 2.85 bits per heavy atom. The Kier molecular flexibility index (Phi) is 3.42. The Morgan fingerprint density at radius 1 is 1.30 bits per heavy atom. The van der Waals surface area contributed by atoms with E-state index in [0.717, 1.165) is 19.4 Å². The molecule has 1 aliphatic heterocycles. The maximum absolute atomic E-state index is 9.76. The van der Waals surface area contributed by atoms with Crippen LogP contribution in [0.25, 0.3) is 5.95 Å². The van der Waals surface area contributed by atoms with Gasteiger partial charge in [-0.3, -0.25) is 0 Å². The van der Waals surface area contributed by atoms with Crippen LogP contribution >= 0.6 is 0 Å². The van der Waals surface area contributed by atoms with E-state index in [4.69, 9.17) is 0 Å². The van der Waals surface area contributed by atoms with E-state index in [0.29, 0.717) is 24.4 Å². The van der Waals surface area contributed by atoms with Crippen molar-refractivity contribution in [1.82, 2.24) is 29.7 Å². The van der Waals surface area contributed by atoms with Gasteiger partial charge in [0, 0.05) is 20.1 Å². The number of aromatic nitrogens is 6. The molecule has 2 N–H and O–H groups in total. The second-order valence-corrected chi connectivity index (χ2v) is 4.59. The average molecular weight is 276 g/mol. The molecule has 20 heavy (non-hydrogen) atoms. The maximum atomic E-state index is 9.76. The molecule has 1 atom stereocenters. The second kappa shape index (κ2) is 5.37. The summed E-state index contributed by atoms with van der Waals surface area (Å²) in [6.07, 6.45) is 4.35. The smallest absolute Gasteiger partial charge is 0.258 e. The van der Waals surface area contributed by atoms with E-state index < -0.39 is 0 Å². The number of hydrogen-bond acceptors (Lipinski definition) is 8. The van der Waals surface area contributed by atoms with E-state index in [1.807, 2.05) is 4.90 Å². The summed E-state index contributed by atoms with van der Waals surface area (Å²) in [5.74, 6) is 1.39. The van der Waals surface area contributed by atoms with Gasteiger partial charge >= 0.3 is 0 Å². The summed E-state index contributed by atoms with van der Waals surface area (Å²) in [6, 6.07) is 0. The number of aliphatic hydroxyl groups excluding tert-OH is 1. The molecule has 3 heterocycles. The van der Waals surface area contributed by atoms with Crippen LogP contribution in [0.5, 0.6) is 0 Å². The topological polar surface area (TPSA) is 105 Å². The summed E-state index contributed by atoms with van der Waals surface area (Å²) in [4.78, 5) is 18.8. The largest absolute Gasteiger partial charge is 0.391 e. The molecular weight excluding hydrogens is 260 g/mol. The van der Waals surface area contributed by atoms with Crippen LogP contribution in [0, 0.1) is 0 Å². The molecule has 106 valence electrons. The molecule has 3 rings (SSSR count). The molecule has 2 aromatic rings. The van der Waals surface area contributed by atoms with E-state index in [2.05, 4.69) is 30.4 Å². The predicted molar refractivity (Wildman–Crippen MR) is 71.7 cm³/mol. The van der Waals surface area contributed by atoms with Gasteiger partial charge in [-0.1, -0.05) is 0 Å². The molecule has 0 radical (unpaired) electrons. The van der Waals surface area contributed by atoms with Gasteiger partial charge < -0.3 is 15.3 Å². The van der Waals surface area contributed by atoms with Gasteiger partial charge in [0.2, 0.25) is 11.9 Å². The maximum Gasteiger partial charge on any atom is 0.258 e. The Hall–Kier alpha value is -2.29. The van der Waals surface area contributed by atoms with Crippen LogP contribution in [0.3, 0.4) is 0 Å². The highest BCUT2D eigenvalue weighted by Crippen LogP contribution is 2.18. The minimum atomic E-state index is -0.339. The molecule has 0 saturated carbocycles. The Labute approximate surface area is 115 Å². The number of anilines is 2. The number of piperidine rings is 1. The molecular formula is C11H16N8O. The quantitative estimate of drug-likeness (QED) is 0.769. The van der Waals surface area contributed by atoms with Gasteiger partial charge in [0.15, 0.2) is 0 Å². The first-order chi connectivity index (χ1) is 9.76. The molecule has 9 heteroatoms. The van der Waals surface area contributed by atoms with Crippen LogP contribution in [0.2, 0.25) is 0 Å². The zero-order valence-electron chi connectivity index (χ0n) is 11.1. The number of hydrogen-bond donors (Lipinski definition) is 2. The predicted octanol–water partition coefficient (Wildman–Crippen LogP) is -0.545. The molecule has 0 aliphatic carbocycles. The third kappa shape index (κ3) is 2.52. The number of nitrogens with zero attached hydrogens (tertiary/aromatic N) is 7. The molecule has 1 saturated heterocycles. The molecule has 2 aromatic heterocycles. The average Bonchev–Trinajstić information content (AvgIpc) is 3.01. The summed E-state index contributed by atoms with van der Waals surface area (Å²) >= 11 is 0. The fourth-order valence-electron chi connectivity index (χ4n) is 2.16. The van der Waals surface area contributed by atoms with Crippen LogP contribution in [0.4, 0.5) is 11.9 Å². The van der Waals surface area contributed by atoms with Gasteiger partial charge in [-0.2, -0.15) is 24.7 Å². The Morgan fingerprint density at radius 2 is 2.15 bits per heavy atom. The zero-order valence-corrected chi connectivity index (χ0v) is 11.1. The highest BCUT2D eigenvalue weighted by Gasteiger charge is 2.21. The lowest BCUT2D eigenvalue weighted by atomic mass is 10.1. The van der Waals surface area contributed by atoms with Crippen LogP contribution in [-0.4, -0.2) is 61.1 Å². The summed E-state index contributed by atoms with van der Waals surface area (Å²) < 4.78 is 1.48. The first-order valence-electron chi connectivity index (χ1n) is 6.48. The number of rotatable bonds is 3. The van der Waals surface area contributed by atoms with Crippen molar-refractivity contribution in [3.8, 4) is 5.95 Å². The van der Waals surface area contributed by atoms with Crippen LogP contribution in [0.1, 0.15) is 12.8 Å². The van der Waals surface area contributed by atoms with Crippen molar-refractivity contribution in [3.63, 3.8) is 0 Å². The molecule has 0 spiro atoms. The van der Waals surface area contributed by atoms with Gasteiger partial charge in [-0.15, -0.1) is 0 Å². The van der Waals surface area contributed by atoms with Gasteiger partial charge in [-0.25, -0.2) is 4.98 Å². The van der Waals surface area contributed by atoms with Crippen molar-refractivity contribution in [2.24, 2.45) is 0 Å². The van der Waals surface area contributed by atoms with Crippen molar-refractivity contribution in [3.05, 3.63) is 12.7 Å². The van der Waals surface area contributed by atoms with Gasteiger partial charge in [0.05, 0.1) is 6.10 Å². The standard InChI is InChI=1S/C11H16N8O/c1-12-9-15-10(18-4-2-3-8(20)5-18)17-11(16-9)19-7-13-6-14-19/h6-8,20H,2-5H2,1H3,(H,12,15,16,17). The molecule has 0 amide bonds. The highest BCUT2D eigenvalue weighted by atomic mass is 16.3. The van der Waals surface area contributed by atoms with Crippen molar-refractivity contribution >= 4 is 11.9 Å². The van der Waals surface area contributed by atoms with E-state index in [9.17, 15) is 5.11 Å². The third-order valence-corrected chi connectivity index (χ3v) is 3.14. The van der Waals surface area contributed by atoms with E-state index in [1.54, 1.807) is 7.05 Å². The van der Waals surface area contributed by atoms with E-state index >= 15 is 0 Å². The summed E-state index contributed by atoms with van der Waals surface area (Å²) in [5, 5.41) is 16.7. The number of β-amino-alcohol motifs (C(OH)–C–C–N with tert-alkyl or cyclic N) is 1. The van der Waals surface area contributed by atoms with Crippen LogP contribution < -0.4 is 10.2 Å². The first-order valence-corrected chi connectivity index (χ1v) is 6.48. The lowest BCUT2D eigenvalue weighted by Crippen LogP contribution is -2.39. The molecule has 9 nitrogen and oxygen atoms in total. The summed E-state index contributed by atoms with van der Waals surface area (Å²) in [6.45, 7) is 1.35. The Bertz CT molecular complexity index is 572. The minimum absolute atomic E-state index is 0.339. The van der Waals surface area contributed by atoms with E-state index in [1.165, 1.54) is 17.3 Å². The second-order valence-electron chi connectivity index (χ2n) is 4.59. The molecule has 1 unspecified atom stereocenters. The molecule has 1 aliphatic rings. The lowest BCUT2D eigenvalue weighted by molar-refractivity contribution is 0.153. The van der Waals surface area contributed by atoms with Gasteiger partial charge in [0.25, 0.3) is 5.95 Å². The van der Waals surface area contributed by atoms with Crippen molar-refractivity contribution < 1.29 is 5.11 Å². The Balaban J connectivity index is 1.96. The third-order valence-electron chi connectivity index (χ3n) is 3.14. The lowest BCUT2D eigenvalue weighted by Gasteiger charge is -2.30. The number of nitrogens with one attached hydrogen (secondary N) is 1. The van der Waals surface area contributed by atoms with Crippen molar-refractivity contribution in [2.75, 3.05) is 30.4 Å². The minimum Gasteiger partial charge on any atom is -0.391 e. The van der Waals surface area contributed by atoms with Crippen LogP contribution in [0.15, 0.2) is 12.7 Å². The summed E-state index contributed by atoms with van der Waals surface area (Å²) in [7, 11) is 1.75. The van der Waals surface area contributed by atoms with Gasteiger partial charge in [-0.05, 0) is 12.8 Å². The normalized spacial score (nSPS) is 19.1. The molecule has 0 aromatic carbocycles. The molecule has 0 bridgehead atoms. The van der Waals surface area contributed by atoms with Gasteiger partial charge in [0.1, 0.15) is 12.7 Å². The zero-order chi connectivity index (χ0) is 13.9. The SMILES string of the molecule is CNc1nc(N2CCCC(O)C2)nc(-n2cncn2)n1. The summed E-state index contributed by atoms with van der Waals surface area (Å²) in [5.41, 5.74) is 0. The number of aliphatic hydroxyl groups is 1. The highest BCUT2D eigenvalue weighted by molar-refractivity contribution is 5.40. The fourth-order valence-corrected chi connectivity index (χ4v) is 2.16. The van der Waals surface area contributed by atoms with Crippen molar-refractivity contribution in [1.29, 1.82) is 0 Å². The van der Waals surface area contributed by atoms with E-state index in [-0.39, 0.29) is 6.10 Å². The van der Waals surface area contributed by atoms with Crippen LogP contribution in [-0.2, 0) is 0 Å². The van der Waals surface area contributed by atoms with Crippen molar-refractivity contribution in [2.45, 2.75) is 18.9 Å². The monoisotopic (exact) mass is 276 g/mol. The molecule has 1 fully saturated rings. The first kappa shape index (κ1) is 12.7. The fraction of sp³-hybridized carbons (Fsp3) is 0.545.